The highest BCUT2D eigenvalue weighted by Gasteiger charge is 2.27. The van der Waals surface area contributed by atoms with E-state index in [1.54, 1.807) is 7.05 Å². The second-order valence-corrected chi connectivity index (χ2v) is 5.51. The van der Waals surface area contributed by atoms with E-state index in [4.69, 9.17) is 5.73 Å². The topological polar surface area (TPSA) is 77.1 Å². The number of rotatable bonds is 5. The average Bonchev–Trinajstić information content (AvgIpc) is 2.58. The maximum absolute atomic E-state index is 11.9. The second-order valence-electron chi connectivity index (χ2n) is 3.75. The van der Waals surface area contributed by atoms with Gasteiger partial charge in [-0.2, -0.15) is 13.2 Å². The Kier molecular flexibility index (Phi) is 4.41. The van der Waals surface area contributed by atoms with Crippen molar-refractivity contribution in [3.8, 4) is 0 Å². The average molecular weight is 285 g/mol. The number of alkyl halides is 3. The van der Waals surface area contributed by atoms with E-state index >= 15 is 0 Å². The SMILES string of the molecule is Cn1cc(S(=O)(=O)NCCC(F)(F)F)cc1CN. The van der Waals surface area contributed by atoms with Crippen LogP contribution in [0.4, 0.5) is 13.2 Å². The van der Waals surface area contributed by atoms with Gasteiger partial charge in [0.15, 0.2) is 0 Å². The highest BCUT2D eigenvalue weighted by Crippen LogP contribution is 2.19. The van der Waals surface area contributed by atoms with E-state index in [2.05, 4.69) is 0 Å². The molecule has 0 bridgehead atoms. The maximum Gasteiger partial charge on any atom is 0.390 e. The van der Waals surface area contributed by atoms with Gasteiger partial charge in [-0.3, -0.25) is 0 Å². The van der Waals surface area contributed by atoms with Crippen molar-refractivity contribution >= 4 is 10.0 Å². The van der Waals surface area contributed by atoms with Gasteiger partial charge in [0, 0.05) is 32.0 Å². The number of nitrogens with zero attached hydrogens (tertiary/aromatic N) is 1. The molecular formula is C9H14F3N3O2S. The fourth-order valence-corrected chi connectivity index (χ4v) is 2.46. The Balaban J connectivity index is 2.74. The first-order valence-electron chi connectivity index (χ1n) is 5.07. The summed E-state index contributed by atoms with van der Waals surface area (Å²) in [6.07, 6.45) is -4.29. The lowest BCUT2D eigenvalue weighted by molar-refractivity contribution is -0.132. The van der Waals surface area contributed by atoms with Gasteiger partial charge in [-0.25, -0.2) is 13.1 Å². The first-order chi connectivity index (χ1) is 8.15. The quantitative estimate of drug-likeness (QED) is 0.836. The third kappa shape index (κ3) is 4.00. The molecule has 0 saturated heterocycles. The zero-order valence-electron chi connectivity index (χ0n) is 9.66. The number of hydrogen-bond donors (Lipinski definition) is 2. The minimum Gasteiger partial charge on any atom is -0.352 e. The van der Waals surface area contributed by atoms with Gasteiger partial charge in [-0.15, -0.1) is 0 Å². The van der Waals surface area contributed by atoms with Crippen LogP contribution in [0.2, 0.25) is 0 Å². The normalized spacial score (nSPS) is 12.9. The van der Waals surface area contributed by atoms with Crippen LogP contribution < -0.4 is 10.5 Å². The lowest BCUT2D eigenvalue weighted by Gasteiger charge is -2.07. The molecule has 0 atom stereocenters. The van der Waals surface area contributed by atoms with E-state index in [0.717, 1.165) is 0 Å². The Morgan fingerprint density at radius 3 is 2.50 bits per heavy atom. The van der Waals surface area contributed by atoms with Gasteiger partial charge in [-0.05, 0) is 6.07 Å². The Bertz CT molecular complexity index is 508. The Labute approximate surface area is 103 Å². The molecule has 0 fully saturated rings. The number of aryl methyl sites for hydroxylation is 1. The largest absolute Gasteiger partial charge is 0.390 e. The highest BCUT2D eigenvalue weighted by atomic mass is 32.2. The van der Waals surface area contributed by atoms with Crippen molar-refractivity contribution in [3.05, 3.63) is 18.0 Å². The minimum atomic E-state index is -4.39. The number of sulfonamides is 1. The molecule has 5 nitrogen and oxygen atoms in total. The van der Waals surface area contributed by atoms with Crippen molar-refractivity contribution in [2.45, 2.75) is 24.0 Å². The molecule has 104 valence electrons. The molecule has 1 aromatic rings. The van der Waals surface area contributed by atoms with Crippen molar-refractivity contribution in [3.63, 3.8) is 0 Å². The van der Waals surface area contributed by atoms with Crippen LogP contribution in [-0.4, -0.2) is 25.7 Å². The molecule has 0 spiro atoms. The van der Waals surface area contributed by atoms with Crippen molar-refractivity contribution in [1.29, 1.82) is 0 Å². The summed E-state index contributed by atoms with van der Waals surface area (Å²) in [5, 5.41) is 0. The summed E-state index contributed by atoms with van der Waals surface area (Å²) in [4.78, 5) is -0.0902. The van der Waals surface area contributed by atoms with Crippen LogP contribution in [-0.2, 0) is 23.6 Å². The standard InChI is InChI=1S/C9H14F3N3O2S/c1-15-6-8(4-7(15)5-13)18(16,17)14-3-2-9(10,11)12/h4,6,14H,2-3,5,13H2,1H3. The molecule has 0 aliphatic carbocycles. The Hall–Kier alpha value is -1.06. The van der Waals surface area contributed by atoms with Gasteiger partial charge < -0.3 is 10.3 Å². The predicted octanol–water partition coefficient (Wildman–Crippen LogP) is 0.715. The fourth-order valence-electron chi connectivity index (χ4n) is 1.34. The molecule has 9 heteroatoms. The third-order valence-corrected chi connectivity index (χ3v) is 3.73. The van der Waals surface area contributed by atoms with Gasteiger partial charge in [-0.1, -0.05) is 0 Å². The summed E-state index contributed by atoms with van der Waals surface area (Å²) in [6.45, 7) is -0.534. The lowest BCUT2D eigenvalue weighted by atomic mass is 10.4. The zero-order chi connectivity index (χ0) is 14.0. The summed E-state index contributed by atoms with van der Waals surface area (Å²) >= 11 is 0. The van der Waals surface area contributed by atoms with Crippen LogP contribution >= 0.6 is 0 Å². The first kappa shape index (κ1) is 15.0. The van der Waals surface area contributed by atoms with Crippen LogP contribution in [0.25, 0.3) is 0 Å². The van der Waals surface area contributed by atoms with E-state index in [1.165, 1.54) is 16.8 Å². The van der Waals surface area contributed by atoms with Crippen LogP contribution in [0.3, 0.4) is 0 Å². The van der Waals surface area contributed by atoms with Gasteiger partial charge in [0.2, 0.25) is 10.0 Å². The highest BCUT2D eigenvalue weighted by molar-refractivity contribution is 7.89. The summed E-state index contributed by atoms with van der Waals surface area (Å²) in [7, 11) is -2.31. The molecule has 1 aromatic heterocycles. The summed E-state index contributed by atoms with van der Waals surface area (Å²) in [5.74, 6) is 0. The third-order valence-electron chi connectivity index (χ3n) is 2.30. The van der Waals surface area contributed by atoms with Crippen LogP contribution in [0.15, 0.2) is 17.2 Å². The molecule has 0 radical (unpaired) electrons. The van der Waals surface area contributed by atoms with Crippen molar-refractivity contribution in [1.82, 2.24) is 9.29 Å². The Morgan fingerprint density at radius 1 is 1.44 bits per heavy atom. The molecule has 0 aromatic carbocycles. The van der Waals surface area contributed by atoms with Gasteiger partial charge >= 0.3 is 6.18 Å². The van der Waals surface area contributed by atoms with E-state index in [1.807, 2.05) is 4.72 Å². The first-order valence-corrected chi connectivity index (χ1v) is 6.56. The molecule has 0 aliphatic heterocycles. The maximum atomic E-state index is 11.9. The monoisotopic (exact) mass is 285 g/mol. The van der Waals surface area contributed by atoms with Crippen molar-refractivity contribution < 1.29 is 21.6 Å². The summed E-state index contributed by atoms with van der Waals surface area (Å²) in [5.41, 5.74) is 5.95. The summed E-state index contributed by atoms with van der Waals surface area (Å²) < 4.78 is 62.4. The molecule has 0 aliphatic rings. The number of halogens is 3. The van der Waals surface area contributed by atoms with Crippen molar-refractivity contribution in [2.75, 3.05) is 6.54 Å². The molecule has 0 unspecified atom stereocenters. The molecule has 1 rings (SSSR count). The number of nitrogens with one attached hydrogen (secondary N) is 1. The minimum absolute atomic E-state index is 0.0902. The molecular weight excluding hydrogens is 271 g/mol. The van der Waals surface area contributed by atoms with E-state index < -0.39 is 29.2 Å². The zero-order valence-corrected chi connectivity index (χ0v) is 10.5. The van der Waals surface area contributed by atoms with Gasteiger partial charge in [0.25, 0.3) is 0 Å². The molecule has 0 saturated carbocycles. The molecule has 18 heavy (non-hydrogen) atoms. The van der Waals surface area contributed by atoms with E-state index in [-0.39, 0.29) is 11.4 Å². The predicted molar refractivity (Wildman–Crippen MR) is 59.2 cm³/mol. The number of aromatic nitrogens is 1. The van der Waals surface area contributed by atoms with Crippen molar-refractivity contribution in [2.24, 2.45) is 12.8 Å². The fraction of sp³-hybridized carbons (Fsp3) is 0.556. The number of hydrogen-bond acceptors (Lipinski definition) is 3. The van der Waals surface area contributed by atoms with Crippen LogP contribution in [0.5, 0.6) is 0 Å². The smallest absolute Gasteiger partial charge is 0.352 e. The molecule has 0 amide bonds. The second kappa shape index (κ2) is 5.29. The van der Waals surface area contributed by atoms with Gasteiger partial charge in [0.1, 0.15) is 0 Å². The molecule has 3 N–H and O–H groups in total. The van der Waals surface area contributed by atoms with E-state index in [0.29, 0.717) is 5.69 Å². The van der Waals surface area contributed by atoms with Crippen LogP contribution in [0, 0.1) is 0 Å². The van der Waals surface area contributed by atoms with Crippen LogP contribution in [0.1, 0.15) is 12.1 Å². The van der Waals surface area contributed by atoms with E-state index in [9.17, 15) is 21.6 Å². The number of nitrogens with two attached hydrogens (primary N) is 1. The molecule has 1 heterocycles. The summed E-state index contributed by atoms with van der Waals surface area (Å²) in [6, 6.07) is 1.33. The lowest BCUT2D eigenvalue weighted by Crippen LogP contribution is -2.27. The Morgan fingerprint density at radius 2 is 2.06 bits per heavy atom. The van der Waals surface area contributed by atoms with Gasteiger partial charge in [0.05, 0.1) is 11.3 Å².